The van der Waals surface area contributed by atoms with Gasteiger partial charge in [-0.2, -0.15) is 0 Å². The fourth-order valence-electron chi connectivity index (χ4n) is 4.75. The van der Waals surface area contributed by atoms with Crippen LogP contribution in [0.5, 0.6) is 0 Å². The van der Waals surface area contributed by atoms with Gasteiger partial charge in [-0.25, -0.2) is 18.3 Å². The van der Waals surface area contributed by atoms with E-state index < -0.39 is 11.6 Å². The lowest BCUT2D eigenvalue weighted by atomic mass is 9.95. The molecule has 2 aromatic heterocycles. The van der Waals surface area contributed by atoms with Gasteiger partial charge in [0.1, 0.15) is 12.4 Å². The number of hydrogen-bond acceptors (Lipinski definition) is 5. The van der Waals surface area contributed by atoms with E-state index >= 15 is 0 Å². The number of halogens is 1. The molecular weight excluding hydrogens is 479 g/mol. The van der Waals surface area contributed by atoms with E-state index in [4.69, 9.17) is 0 Å². The van der Waals surface area contributed by atoms with Crippen molar-refractivity contribution in [2.75, 3.05) is 0 Å². The van der Waals surface area contributed by atoms with Crippen LogP contribution in [0.15, 0.2) is 52.1 Å². The van der Waals surface area contributed by atoms with Crippen LogP contribution < -0.4 is 21.9 Å². The first-order chi connectivity index (χ1) is 17.8. The van der Waals surface area contributed by atoms with Gasteiger partial charge in [0.05, 0.1) is 10.9 Å². The molecule has 4 aromatic rings. The molecule has 2 N–H and O–H groups in total. The van der Waals surface area contributed by atoms with Gasteiger partial charge in [0.15, 0.2) is 0 Å². The maximum Gasteiger partial charge on any atom is 0.352 e. The Hall–Kier alpha value is -4.28. The summed E-state index contributed by atoms with van der Waals surface area (Å²) in [5.41, 5.74) is 0.295. The average molecular weight is 507 g/mol. The molecule has 1 aliphatic rings. The normalized spacial score (nSPS) is 14.2. The van der Waals surface area contributed by atoms with E-state index in [1.807, 2.05) is 0 Å². The lowest BCUT2D eigenvalue weighted by molar-refractivity contribution is -0.122. The third-order valence-electron chi connectivity index (χ3n) is 6.79. The van der Waals surface area contributed by atoms with Crippen LogP contribution in [0.1, 0.15) is 48.0 Å². The molecule has 1 fully saturated rings. The Morgan fingerprint density at radius 3 is 2.51 bits per heavy atom. The lowest BCUT2D eigenvalue weighted by Crippen LogP contribution is -2.36. The maximum absolute atomic E-state index is 13.3. The molecule has 0 unspecified atom stereocenters. The van der Waals surface area contributed by atoms with E-state index in [1.54, 1.807) is 18.2 Å². The van der Waals surface area contributed by atoms with Gasteiger partial charge in [0.25, 0.3) is 11.5 Å². The summed E-state index contributed by atoms with van der Waals surface area (Å²) in [6.45, 7) is -0.221. The molecule has 11 heteroatoms. The quantitative estimate of drug-likeness (QED) is 0.414. The second-order valence-corrected chi connectivity index (χ2v) is 9.38. The van der Waals surface area contributed by atoms with Crippen molar-refractivity contribution in [1.82, 2.24) is 29.4 Å². The number of amides is 2. The van der Waals surface area contributed by atoms with Gasteiger partial charge in [-0.05, 0) is 48.7 Å². The Bertz CT molecular complexity index is 1610. The minimum atomic E-state index is -0.614. The first-order valence-corrected chi connectivity index (χ1v) is 12.3. The number of nitrogens with one attached hydrogen (secondary N) is 2. The smallest absolute Gasteiger partial charge is 0.350 e. The third-order valence-corrected chi connectivity index (χ3v) is 6.79. The van der Waals surface area contributed by atoms with Gasteiger partial charge in [-0.3, -0.25) is 19.0 Å². The third kappa shape index (κ3) is 4.89. The largest absolute Gasteiger partial charge is 0.352 e. The van der Waals surface area contributed by atoms with E-state index in [9.17, 15) is 23.6 Å². The highest BCUT2D eigenvalue weighted by Gasteiger charge is 2.20. The number of carbonyl (C=O) groups excluding carboxylic acids is 2. The Balaban J connectivity index is 1.45. The Morgan fingerprint density at radius 1 is 1.05 bits per heavy atom. The summed E-state index contributed by atoms with van der Waals surface area (Å²) in [6.07, 6.45) is 5.18. The molecule has 0 radical (unpaired) electrons. The summed E-state index contributed by atoms with van der Waals surface area (Å²) in [5, 5.41) is 10.2. The number of rotatable bonds is 6. The van der Waals surface area contributed by atoms with Crippen LogP contribution >= 0.6 is 0 Å². The monoisotopic (exact) mass is 506 g/mol. The van der Waals surface area contributed by atoms with Crippen LogP contribution in [-0.4, -0.2) is 36.6 Å². The molecule has 1 saturated carbocycles. The van der Waals surface area contributed by atoms with Crippen molar-refractivity contribution in [3.63, 3.8) is 0 Å². The van der Waals surface area contributed by atoms with E-state index in [0.717, 1.165) is 30.4 Å². The summed E-state index contributed by atoms with van der Waals surface area (Å²) >= 11 is 0. The van der Waals surface area contributed by atoms with Gasteiger partial charge in [0.2, 0.25) is 11.7 Å². The first-order valence-electron chi connectivity index (χ1n) is 12.3. The number of nitrogens with zero attached hydrogens (tertiary/aromatic N) is 4. The molecule has 0 atom stereocenters. The molecular formula is C26H27FN6O4. The van der Waals surface area contributed by atoms with Crippen molar-refractivity contribution in [2.45, 2.75) is 51.2 Å². The lowest BCUT2D eigenvalue weighted by Gasteiger charge is -2.22. The second-order valence-electron chi connectivity index (χ2n) is 9.38. The molecule has 0 bridgehead atoms. The fraction of sp³-hybridized carbons (Fsp3) is 0.346. The zero-order valence-electron chi connectivity index (χ0n) is 20.4. The molecule has 10 nitrogen and oxygen atoms in total. The van der Waals surface area contributed by atoms with Gasteiger partial charge in [0, 0.05) is 25.2 Å². The highest BCUT2D eigenvalue weighted by molar-refractivity contribution is 5.98. The molecule has 0 aliphatic heterocycles. The Morgan fingerprint density at radius 2 is 1.78 bits per heavy atom. The summed E-state index contributed by atoms with van der Waals surface area (Å²) in [4.78, 5) is 51.7. The number of aromatic nitrogens is 4. The van der Waals surface area contributed by atoms with Gasteiger partial charge in [-0.15, -0.1) is 5.10 Å². The predicted octanol–water partition coefficient (Wildman–Crippen LogP) is 1.87. The van der Waals surface area contributed by atoms with Crippen molar-refractivity contribution in [3.8, 4) is 0 Å². The molecule has 1 aliphatic carbocycles. The van der Waals surface area contributed by atoms with Crippen LogP contribution in [-0.2, 0) is 24.9 Å². The van der Waals surface area contributed by atoms with Crippen LogP contribution in [0.4, 0.5) is 4.39 Å². The van der Waals surface area contributed by atoms with Crippen LogP contribution in [0.3, 0.4) is 0 Å². The molecule has 2 amide bonds. The van der Waals surface area contributed by atoms with Crippen LogP contribution in [0, 0.1) is 5.82 Å². The summed E-state index contributed by atoms with van der Waals surface area (Å²) in [6, 6.07) is 10.4. The van der Waals surface area contributed by atoms with Gasteiger partial charge in [-0.1, -0.05) is 31.4 Å². The van der Waals surface area contributed by atoms with Crippen molar-refractivity contribution in [1.29, 1.82) is 0 Å². The van der Waals surface area contributed by atoms with E-state index in [-0.39, 0.29) is 53.1 Å². The summed E-state index contributed by atoms with van der Waals surface area (Å²) < 4.78 is 16.5. The number of benzene rings is 2. The molecule has 0 spiro atoms. The molecule has 2 heterocycles. The zero-order valence-corrected chi connectivity index (χ0v) is 20.4. The minimum Gasteiger partial charge on any atom is -0.350 e. The Kier molecular flexibility index (Phi) is 6.60. The maximum atomic E-state index is 13.3. The second kappa shape index (κ2) is 10.00. The van der Waals surface area contributed by atoms with Crippen LogP contribution in [0.2, 0.25) is 0 Å². The number of hydrogen-bond donors (Lipinski definition) is 2. The fourth-order valence-corrected chi connectivity index (χ4v) is 4.75. The average Bonchev–Trinajstić information content (AvgIpc) is 3.23. The highest BCUT2D eigenvalue weighted by Crippen LogP contribution is 2.19. The molecule has 2 aromatic carbocycles. The van der Waals surface area contributed by atoms with Crippen molar-refractivity contribution in [3.05, 3.63) is 80.2 Å². The van der Waals surface area contributed by atoms with E-state index in [2.05, 4.69) is 15.7 Å². The van der Waals surface area contributed by atoms with E-state index in [0.29, 0.717) is 11.1 Å². The topological polar surface area (TPSA) is 120 Å². The molecule has 37 heavy (non-hydrogen) atoms. The molecule has 0 saturated heterocycles. The summed E-state index contributed by atoms with van der Waals surface area (Å²) in [7, 11) is 1.49. The number of aryl methyl sites for hydroxylation is 1. The summed E-state index contributed by atoms with van der Waals surface area (Å²) in [5.74, 6) is -1.06. The Labute approximate surface area is 210 Å². The van der Waals surface area contributed by atoms with Crippen LogP contribution in [0.25, 0.3) is 16.7 Å². The van der Waals surface area contributed by atoms with Gasteiger partial charge >= 0.3 is 5.69 Å². The zero-order chi connectivity index (χ0) is 26.1. The standard InChI is InChI=1S/C26H27FN6O4/c1-31-24(36)20-12-9-17(23(35)29-19-5-3-2-4-6-19)13-21(20)33-25(31)30-32(26(33)37)15-22(34)28-14-16-7-10-18(27)11-8-16/h7-13,19H,2-6,14-15H2,1H3,(H,28,34)(H,29,35). The van der Waals surface area contributed by atoms with E-state index in [1.165, 1.54) is 46.7 Å². The molecule has 5 rings (SSSR count). The highest BCUT2D eigenvalue weighted by atomic mass is 19.1. The first kappa shape index (κ1) is 24.4. The number of carbonyl (C=O) groups is 2. The van der Waals surface area contributed by atoms with Crippen molar-refractivity contribution in [2.24, 2.45) is 7.05 Å². The van der Waals surface area contributed by atoms with Gasteiger partial charge < -0.3 is 10.6 Å². The number of fused-ring (bicyclic) bond motifs is 3. The SMILES string of the molecule is Cn1c(=O)c2ccc(C(=O)NC3CCCCC3)cc2n2c(=O)n(CC(=O)NCc3ccc(F)cc3)nc12. The van der Waals surface area contributed by atoms with Crippen molar-refractivity contribution < 1.29 is 14.0 Å². The molecule has 192 valence electrons. The van der Waals surface area contributed by atoms with Crippen molar-refractivity contribution >= 4 is 28.5 Å². The predicted molar refractivity (Wildman–Crippen MR) is 135 cm³/mol. The minimum absolute atomic E-state index is 0.0543.